The summed E-state index contributed by atoms with van der Waals surface area (Å²) in [6.45, 7) is 1.75. The quantitative estimate of drug-likeness (QED) is 0.539. The number of amides is 4. The topological polar surface area (TPSA) is 114 Å². The van der Waals surface area contributed by atoms with Crippen LogP contribution in [-0.4, -0.2) is 41.9 Å². The van der Waals surface area contributed by atoms with Gasteiger partial charge in [0, 0.05) is 17.2 Å². The number of hydrogen-bond acceptors (Lipinski definition) is 6. The van der Waals surface area contributed by atoms with E-state index in [-0.39, 0.29) is 29.4 Å². The van der Waals surface area contributed by atoms with Crippen molar-refractivity contribution in [3.63, 3.8) is 0 Å². The highest BCUT2D eigenvalue weighted by Crippen LogP contribution is 2.37. The molecule has 0 aromatic heterocycles. The number of imide groups is 1. The Morgan fingerprint density at radius 1 is 1.16 bits per heavy atom. The molecule has 2 heterocycles. The minimum absolute atomic E-state index is 0.0399. The first-order chi connectivity index (χ1) is 15.1. The number of anilines is 1. The number of ether oxygens (including phenoxy) is 2. The molecule has 1 unspecified atom stereocenters. The van der Waals surface area contributed by atoms with Crippen LogP contribution in [0.3, 0.4) is 0 Å². The van der Waals surface area contributed by atoms with Crippen molar-refractivity contribution in [2.75, 3.05) is 18.7 Å². The zero-order valence-electron chi connectivity index (χ0n) is 17.0. The first-order valence-corrected chi connectivity index (χ1v) is 9.44. The zero-order valence-corrected chi connectivity index (χ0v) is 17.0. The number of urea groups is 1. The highest BCUT2D eigenvalue weighted by Gasteiger charge is 2.50. The summed E-state index contributed by atoms with van der Waals surface area (Å²) < 4.78 is 38.3. The van der Waals surface area contributed by atoms with E-state index in [1.54, 1.807) is 0 Å². The lowest BCUT2D eigenvalue weighted by Crippen LogP contribution is -2.42. The summed E-state index contributed by atoms with van der Waals surface area (Å²) in [7, 11) is 0. The molecule has 2 aromatic carbocycles. The van der Waals surface area contributed by atoms with Gasteiger partial charge in [0.25, 0.3) is 5.91 Å². The predicted molar refractivity (Wildman–Crippen MR) is 105 cm³/mol. The van der Waals surface area contributed by atoms with E-state index < -0.39 is 41.6 Å². The number of carbonyl (C=O) groups is 4. The Hall–Kier alpha value is -4.02. The molecule has 11 heteroatoms. The normalized spacial score (nSPS) is 19.2. The van der Waals surface area contributed by atoms with E-state index >= 15 is 0 Å². The Bertz CT molecular complexity index is 1180. The van der Waals surface area contributed by atoms with Gasteiger partial charge in [-0.3, -0.25) is 19.3 Å². The molecule has 1 saturated heterocycles. The summed E-state index contributed by atoms with van der Waals surface area (Å²) in [5.74, 6) is -3.11. The van der Waals surface area contributed by atoms with Gasteiger partial charge in [0.15, 0.2) is 17.3 Å². The number of carbonyl (C=O) groups excluding carboxylic acids is 4. The van der Waals surface area contributed by atoms with Crippen molar-refractivity contribution in [1.82, 2.24) is 10.2 Å². The van der Waals surface area contributed by atoms with Gasteiger partial charge < -0.3 is 20.1 Å². The smallest absolute Gasteiger partial charge is 0.325 e. The molecule has 2 aliphatic heterocycles. The van der Waals surface area contributed by atoms with Crippen molar-refractivity contribution >= 4 is 29.3 Å². The summed E-state index contributed by atoms with van der Waals surface area (Å²) >= 11 is 0. The van der Waals surface area contributed by atoms with Crippen molar-refractivity contribution in [1.29, 1.82) is 0 Å². The molecule has 4 rings (SSSR count). The molecule has 32 heavy (non-hydrogen) atoms. The fraction of sp³-hybridized carbons (Fsp3) is 0.238. The van der Waals surface area contributed by atoms with Crippen LogP contribution in [0, 0.1) is 11.6 Å². The van der Waals surface area contributed by atoms with Crippen LogP contribution in [0.2, 0.25) is 0 Å². The second kappa shape index (κ2) is 7.59. The molecule has 0 spiro atoms. The second-order valence-electron chi connectivity index (χ2n) is 7.43. The Morgan fingerprint density at radius 3 is 2.53 bits per heavy atom. The predicted octanol–water partition coefficient (Wildman–Crippen LogP) is 2.30. The first kappa shape index (κ1) is 21.2. The van der Waals surface area contributed by atoms with Gasteiger partial charge in [-0.05, 0) is 38.1 Å². The van der Waals surface area contributed by atoms with Crippen LogP contribution in [0.25, 0.3) is 0 Å². The van der Waals surface area contributed by atoms with E-state index in [1.165, 1.54) is 26.0 Å². The fourth-order valence-corrected chi connectivity index (χ4v) is 3.57. The molecule has 4 amide bonds. The molecule has 0 bridgehead atoms. The first-order valence-electron chi connectivity index (χ1n) is 9.44. The molecule has 0 radical (unpaired) electrons. The minimum Gasteiger partial charge on any atom is -0.454 e. The number of Topliss-reactive ketones (excluding diaryl/α,β-unsaturated/α-hetero) is 1. The third-order valence-electron chi connectivity index (χ3n) is 5.21. The van der Waals surface area contributed by atoms with Gasteiger partial charge in [-0.2, -0.15) is 0 Å². The molecule has 9 nitrogen and oxygen atoms in total. The van der Waals surface area contributed by atoms with Crippen LogP contribution in [0.5, 0.6) is 11.5 Å². The molecule has 166 valence electrons. The van der Waals surface area contributed by atoms with E-state index in [9.17, 15) is 28.0 Å². The summed E-state index contributed by atoms with van der Waals surface area (Å²) in [6.07, 6.45) is 0. The maximum absolute atomic E-state index is 14.3. The molecular formula is C21H17F2N3O6. The van der Waals surface area contributed by atoms with Crippen LogP contribution in [0.15, 0.2) is 30.3 Å². The van der Waals surface area contributed by atoms with Crippen molar-refractivity contribution in [2.45, 2.75) is 19.4 Å². The SMILES string of the molecule is CC(=O)c1cc2c(cc1NC(=O)CN1C(=O)NC(C)(c3cc(F)ccc3F)C1=O)OCO2. The van der Waals surface area contributed by atoms with Gasteiger partial charge in [0.1, 0.15) is 23.7 Å². The monoisotopic (exact) mass is 445 g/mol. The van der Waals surface area contributed by atoms with E-state index in [0.717, 1.165) is 18.2 Å². The summed E-state index contributed by atoms with van der Waals surface area (Å²) in [5.41, 5.74) is -2.01. The Balaban J connectivity index is 1.56. The molecule has 1 atom stereocenters. The third-order valence-corrected chi connectivity index (χ3v) is 5.21. The van der Waals surface area contributed by atoms with Gasteiger partial charge >= 0.3 is 6.03 Å². The Labute approximate surface area is 180 Å². The van der Waals surface area contributed by atoms with E-state index in [2.05, 4.69) is 10.6 Å². The number of rotatable bonds is 5. The van der Waals surface area contributed by atoms with Crippen LogP contribution < -0.4 is 20.1 Å². The molecule has 2 aromatic rings. The van der Waals surface area contributed by atoms with Crippen LogP contribution >= 0.6 is 0 Å². The lowest BCUT2D eigenvalue weighted by Gasteiger charge is -2.22. The molecule has 1 fully saturated rings. The van der Waals surface area contributed by atoms with Gasteiger partial charge in [-0.15, -0.1) is 0 Å². The highest BCUT2D eigenvalue weighted by molar-refractivity contribution is 6.11. The lowest BCUT2D eigenvalue weighted by molar-refractivity contribution is -0.133. The van der Waals surface area contributed by atoms with Crippen LogP contribution in [-0.2, 0) is 15.1 Å². The van der Waals surface area contributed by atoms with Crippen molar-refractivity contribution in [3.05, 3.63) is 53.1 Å². The number of nitrogens with one attached hydrogen (secondary N) is 2. The standard InChI is InChI=1S/C21H17F2N3O6/c1-10(27)12-6-16-17(32-9-31-16)7-15(12)24-18(28)8-26-19(29)21(2,25-20(26)30)13-5-11(22)3-4-14(13)23/h3-7H,8-9H2,1-2H3,(H,24,28)(H,25,30). The number of halogens is 2. The van der Waals surface area contributed by atoms with E-state index in [1.807, 2.05) is 0 Å². The number of benzene rings is 2. The van der Waals surface area contributed by atoms with Crippen molar-refractivity contribution in [3.8, 4) is 11.5 Å². The van der Waals surface area contributed by atoms with Crippen LogP contribution in [0.4, 0.5) is 19.3 Å². The molecular weight excluding hydrogens is 428 g/mol. The van der Waals surface area contributed by atoms with Gasteiger partial charge in [0.2, 0.25) is 12.7 Å². The highest BCUT2D eigenvalue weighted by atomic mass is 19.1. The fourth-order valence-electron chi connectivity index (χ4n) is 3.57. The number of nitrogens with zero attached hydrogens (tertiary/aromatic N) is 1. The van der Waals surface area contributed by atoms with E-state index in [4.69, 9.17) is 9.47 Å². The minimum atomic E-state index is -1.90. The lowest BCUT2D eigenvalue weighted by atomic mass is 9.91. The molecule has 2 N–H and O–H groups in total. The third kappa shape index (κ3) is 3.51. The number of ketones is 1. The van der Waals surface area contributed by atoms with Crippen molar-refractivity contribution in [2.24, 2.45) is 0 Å². The van der Waals surface area contributed by atoms with Crippen molar-refractivity contribution < 1.29 is 37.4 Å². The Kier molecular flexibility index (Phi) is 5.03. The zero-order chi connectivity index (χ0) is 23.2. The number of fused-ring (bicyclic) bond motifs is 1. The summed E-state index contributed by atoms with van der Waals surface area (Å²) in [5, 5.41) is 4.78. The van der Waals surface area contributed by atoms with Gasteiger partial charge in [-0.1, -0.05) is 0 Å². The number of hydrogen-bond donors (Lipinski definition) is 2. The largest absolute Gasteiger partial charge is 0.454 e. The summed E-state index contributed by atoms with van der Waals surface area (Å²) in [4.78, 5) is 50.4. The average molecular weight is 445 g/mol. The molecule has 2 aliphatic rings. The average Bonchev–Trinajstić information content (AvgIpc) is 3.27. The molecule has 0 saturated carbocycles. The van der Waals surface area contributed by atoms with Gasteiger partial charge in [-0.25, -0.2) is 13.6 Å². The Morgan fingerprint density at radius 2 is 1.84 bits per heavy atom. The summed E-state index contributed by atoms with van der Waals surface area (Å²) in [6, 6.07) is 4.39. The van der Waals surface area contributed by atoms with E-state index in [0.29, 0.717) is 16.4 Å². The maximum atomic E-state index is 14.3. The second-order valence-corrected chi connectivity index (χ2v) is 7.43. The maximum Gasteiger partial charge on any atom is 0.325 e. The molecule has 0 aliphatic carbocycles. The van der Waals surface area contributed by atoms with Crippen LogP contribution in [0.1, 0.15) is 29.8 Å². The van der Waals surface area contributed by atoms with Gasteiger partial charge in [0.05, 0.1) is 5.69 Å².